The van der Waals surface area contributed by atoms with Crippen LogP contribution in [0.25, 0.3) is 0 Å². The molecule has 6 heteroatoms. The smallest absolute Gasteiger partial charge is 0.257 e. The Morgan fingerprint density at radius 1 is 1.00 bits per heavy atom. The summed E-state index contributed by atoms with van der Waals surface area (Å²) in [4.78, 5) is 16.4. The molecule has 0 aliphatic rings. The minimum atomic E-state index is -0.330. The summed E-state index contributed by atoms with van der Waals surface area (Å²) in [6, 6.07) is 16.3. The summed E-state index contributed by atoms with van der Waals surface area (Å²) in [6.45, 7) is 0. The molecule has 1 aromatic heterocycles. The Hall–Kier alpha value is -2.92. The van der Waals surface area contributed by atoms with Gasteiger partial charge in [0, 0.05) is 5.69 Å². The maximum Gasteiger partial charge on any atom is 0.257 e. The van der Waals surface area contributed by atoms with Crippen molar-refractivity contribution in [2.24, 2.45) is 0 Å². The highest BCUT2D eigenvalue weighted by atomic mass is 35.5. The van der Waals surface area contributed by atoms with Gasteiger partial charge in [0.1, 0.15) is 11.6 Å². The first-order valence-corrected chi connectivity index (χ1v) is 7.54. The lowest BCUT2D eigenvalue weighted by atomic mass is 10.2. The molecule has 24 heavy (non-hydrogen) atoms. The standard InChI is InChI=1S/C18H13ClFN3O/c19-16-7-2-1-6-15(16)18(24)23-14-8-9-17(21-11-14)22-13-5-3-4-12(20)10-13/h1-11H,(H,21,22)(H,23,24). The fourth-order valence-electron chi connectivity index (χ4n) is 2.10. The molecule has 4 nitrogen and oxygen atoms in total. The fourth-order valence-corrected chi connectivity index (χ4v) is 2.32. The number of benzene rings is 2. The zero-order valence-corrected chi connectivity index (χ0v) is 13.2. The van der Waals surface area contributed by atoms with Crippen molar-refractivity contribution in [2.75, 3.05) is 10.6 Å². The van der Waals surface area contributed by atoms with E-state index in [4.69, 9.17) is 11.6 Å². The molecule has 1 amide bonds. The summed E-state index contributed by atoms with van der Waals surface area (Å²) in [5.41, 5.74) is 1.51. The third-order valence-electron chi connectivity index (χ3n) is 3.24. The summed E-state index contributed by atoms with van der Waals surface area (Å²) >= 11 is 6.00. The van der Waals surface area contributed by atoms with Crippen LogP contribution in [0.15, 0.2) is 66.9 Å². The normalized spacial score (nSPS) is 10.2. The van der Waals surface area contributed by atoms with E-state index < -0.39 is 0 Å². The fraction of sp³-hybridized carbons (Fsp3) is 0. The Morgan fingerprint density at radius 2 is 1.83 bits per heavy atom. The molecule has 0 aliphatic carbocycles. The number of hydrogen-bond acceptors (Lipinski definition) is 3. The predicted octanol–water partition coefficient (Wildman–Crippen LogP) is 4.87. The van der Waals surface area contributed by atoms with Gasteiger partial charge in [-0.15, -0.1) is 0 Å². The molecule has 0 radical (unpaired) electrons. The molecule has 0 saturated carbocycles. The molecule has 2 N–H and O–H groups in total. The first-order chi connectivity index (χ1) is 11.6. The summed E-state index contributed by atoms with van der Waals surface area (Å²) in [7, 11) is 0. The van der Waals surface area contributed by atoms with E-state index >= 15 is 0 Å². The number of aromatic nitrogens is 1. The second-order valence-corrected chi connectivity index (χ2v) is 5.41. The highest BCUT2D eigenvalue weighted by Gasteiger charge is 2.09. The monoisotopic (exact) mass is 341 g/mol. The maximum absolute atomic E-state index is 13.2. The van der Waals surface area contributed by atoms with Crippen LogP contribution in [0.1, 0.15) is 10.4 Å². The Morgan fingerprint density at radius 3 is 2.54 bits per heavy atom. The van der Waals surface area contributed by atoms with Crippen LogP contribution >= 0.6 is 11.6 Å². The van der Waals surface area contributed by atoms with Gasteiger partial charge >= 0.3 is 0 Å². The van der Waals surface area contributed by atoms with Crippen molar-refractivity contribution >= 4 is 34.7 Å². The first kappa shape index (κ1) is 16.0. The lowest BCUT2D eigenvalue weighted by molar-refractivity contribution is 0.102. The Kier molecular flexibility index (Phi) is 4.72. The number of nitrogens with one attached hydrogen (secondary N) is 2. The molecule has 3 aromatic rings. The van der Waals surface area contributed by atoms with Gasteiger partial charge in [0.05, 0.1) is 22.5 Å². The number of carbonyl (C=O) groups excluding carboxylic acids is 1. The van der Waals surface area contributed by atoms with Crippen LogP contribution < -0.4 is 10.6 Å². The number of carbonyl (C=O) groups is 1. The summed E-state index contributed by atoms with van der Waals surface area (Å²) in [5.74, 6) is -0.104. The van der Waals surface area contributed by atoms with Gasteiger partial charge in [-0.2, -0.15) is 0 Å². The molecule has 0 saturated heterocycles. The van der Waals surface area contributed by atoms with Gasteiger partial charge in [-0.1, -0.05) is 29.8 Å². The van der Waals surface area contributed by atoms with E-state index in [1.807, 2.05) is 0 Å². The minimum Gasteiger partial charge on any atom is -0.340 e. The molecule has 0 bridgehead atoms. The Balaban J connectivity index is 1.68. The number of halogens is 2. The van der Waals surface area contributed by atoms with Crippen LogP contribution in [-0.2, 0) is 0 Å². The maximum atomic E-state index is 13.2. The third kappa shape index (κ3) is 3.88. The molecule has 0 atom stereocenters. The molecule has 3 rings (SSSR count). The lowest BCUT2D eigenvalue weighted by Crippen LogP contribution is -2.12. The zero-order chi connectivity index (χ0) is 16.9. The molecule has 0 fully saturated rings. The number of nitrogens with zero attached hydrogens (tertiary/aromatic N) is 1. The minimum absolute atomic E-state index is 0.312. The number of rotatable bonds is 4. The second-order valence-electron chi connectivity index (χ2n) is 5.00. The molecular formula is C18H13ClFN3O. The van der Waals surface area contributed by atoms with Gasteiger partial charge in [-0.05, 0) is 42.5 Å². The number of pyridine rings is 1. The van der Waals surface area contributed by atoms with Crippen LogP contribution in [0.3, 0.4) is 0 Å². The zero-order valence-electron chi connectivity index (χ0n) is 12.5. The van der Waals surface area contributed by atoms with Gasteiger partial charge in [0.2, 0.25) is 0 Å². The van der Waals surface area contributed by atoms with Gasteiger partial charge in [0.15, 0.2) is 0 Å². The van der Waals surface area contributed by atoms with Gasteiger partial charge in [0.25, 0.3) is 5.91 Å². The SMILES string of the molecule is O=C(Nc1ccc(Nc2cccc(F)c2)nc1)c1ccccc1Cl. The van der Waals surface area contributed by atoms with E-state index in [-0.39, 0.29) is 11.7 Å². The molecule has 0 aliphatic heterocycles. The van der Waals surface area contributed by atoms with Crippen molar-refractivity contribution in [1.29, 1.82) is 0 Å². The Labute approximate surface area is 143 Å². The summed E-state index contributed by atoms with van der Waals surface area (Å²) < 4.78 is 13.2. The van der Waals surface area contributed by atoms with Crippen molar-refractivity contribution < 1.29 is 9.18 Å². The van der Waals surface area contributed by atoms with Crippen LogP contribution in [0.2, 0.25) is 5.02 Å². The van der Waals surface area contributed by atoms with E-state index in [1.165, 1.54) is 18.3 Å². The number of amides is 1. The van der Waals surface area contributed by atoms with Crippen LogP contribution in [0.4, 0.5) is 21.6 Å². The van der Waals surface area contributed by atoms with Crippen molar-refractivity contribution in [1.82, 2.24) is 4.98 Å². The number of hydrogen-bond donors (Lipinski definition) is 2. The van der Waals surface area contributed by atoms with Crippen LogP contribution in [0, 0.1) is 5.82 Å². The van der Waals surface area contributed by atoms with E-state index in [9.17, 15) is 9.18 Å². The van der Waals surface area contributed by atoms with E-state index in [2.05, 4.69) is 15.6 Å². The molecule has 0 spiro atoms. The average molecular weight is 342 g/mol. The third-order valence-corrected chi connectivity index (χ3v) is 3.57. The Bertz CT molecular complexity index is 868. The van der Waals surface area contributed by atoms with E-state index in [0.29, 0.717) is 27.8 Å². The van der Waals surface area contributed by atoms with Crippen LogP contribution in [-0.4, -0.2) is 10.9 Å². The highest BCUT2D eigenvalue weighted by molar-refractivity contribution is 6.34. The lowest BCUT2D eigenvalue weighted by Gasteiger charge is -2.08. The molecule has 2 aromatic carbocycles. The molecule has 0 unspecified atom stereocenters. The van der Waals surface area contributed by atoms with E-state index in [0.717, 1.165) is 0 Å². The van der Waals surface area contributed by atoms with Crippen molar-refractivity contribution in [2.45, 2.75) is 0 Å². The molecule has 120 valence electrons. The highest BCUT2D eigenvalue weighted by Crippen LogP contribution is 2.19. The topological polar surface area (TPSA) is 54.0 Å². The van der Waals surface area contributed by atoms with Gasteiger partial charge in [-0.3, -0.25) is 4.79 Å². The van der Waals surface area contributed by atoms with Crippen molar-refractivity contribution in [3.8, 4) is 0 Å². The van der Waals surface area contributed by atoms with Crippen LogP contribution in [0.5, 0.6) is 0 Å². The van der Waals surface area contributed by atoms with Gasteiger partial charge < -0.3 is 10.6 Å². The quantitative estimate of drug-likeness (QED) is 0.711. The predicted molar refractivity (Wildman–Crippen MR) is 93.3 cm³/mol. The van der Waals surface area contributed by atoms with E-state index in [1.54, 1.807) is 48.5 Å². The second kappa shape index (κ2) is 7.10. The summed E-state index contributed by atoms with van der Waals surface area (Å²) in [5, 5.41) is 6.09. The summed E-state index contributed by atoms with van der Waals surface area (Å²) in [6.07, 6.45) is 1.51. The van der Waals surface area contributed by atoms with Gasteiger partial charge in [-0.25, -0.2) is 9.37 Å². The first-order valence-electron chi connectivity index (χ1n) is 7.16. The van der Waals surface area contributed by atoms with Crippen molar-refractivity contribution in [3.05, 3.63) is 83.3 Å². The van der Waals surface area contributed by atoms with Crippen molar-refractivity contribution in [3.63, 3.8) is 0 Å². The number of anilines is 3. The molecular weight excluding hydrogens is 329 g/mol. The molecule has 1 heterocycles. The average Bonchev–Trinajstić information content (AvgIpc) is 2.57. The largest absolute Gasteiger partial charge is 0.340 e.